The van der Waals surface area contributed by atoms with E-state index in [1.807, 2.05) is 11.8 Å². The van der Waals surface area contributed by atoms with Crippen molar-refractivity contribution in [2.45, 2.75) is 50.9 Å². The van der Waals surface area contributed by atoms with Crippen LogP contribution in [0.1, 0.15) is 43.7 Å². The van der Waals surface area contributed by atoms with Gasteiger partial charge in [-0.05, 0) is 49.9 Å². The molecule has 0 saturated heterocycles. The van der Waals surface area contributed by atoms with E-state index in [-0.39, 0.29) is 17.6 Å². The lowest BCUT2D eigenvalue weighted by atomic mass is 9.90. The number of anilines is 1. The second-order valence-corrected chi connectivity index (χ2v) is 5.80. The minimum Gasteiger partial charge on any atom is -0.369 e. The third-order valence-electron chi connectivity index (χ3n) is 4.38. The van der Waals surface area contributed by atoms with Gasteiger partial charge in [-0.15, -0.1) is 0 Å². The van der Waals surface area contributed by atoms with Crippen molar-refractivity contribution in [3.63, 3.8) is 0 Å². The number of alkyl halides is 3. The topological polar surface area (TPSA) is 75.8 Å². The Balaban J connectivity index is 2.34. The molecule has 2 unspecified atom stereocenters. The predicted molar refractivity (Wildman–Crippen MR) is 84.4 cm³/mol. The molecule has 128 valence electrons. The van der Waals surface area contributed by atoms with Crippen LogP contribution in [-0.4, -0.2) is 18.6 Å². The molecule has 0 N–H and O–H groups in total. The van der Waals surface area contributed by atoms with E-state index in [4.69, 9.17) is 10.8 Å². The van der Waals surface area contributed by atoms with Crippen LogP contribution in [0.4, 0.5) is 18.9 Å². The van der Waals surface area contributed by atoms with Crippen LogP contribution < -0.4 is 4.90 Å². The Morgan fingerprint density at radius 1 is 1.42 bits per heavy atom. The number of hydrogen-bond donors (Lipinski definition) is 0. The van der Waals surface area contributed by atoms with Crippen LogP contribution in [0.15, 0.2) is 23.3 Å². The fourth-order valence-corrected chi connectivity index (χ4v) is 3.29. The molecule has 1 aliphatic rings. The summed E-state index contributed by atoms with van der Waals surface area (Å²) in [5.74, 6) is 0. The summed E-state index contributed by atoms with van der Waals surface area (Å²) in [6, 6.07) is 5.30. The molecule has 1 aromatic rings. The summed E-state index contributed by atoms with van der Waals surface area (Å²) in [6.07, 6.45) is -1.43. The Labute approximate surface area is 138 Å². The van der Waals surface area contributed by atoms with E-state index in [1.54, 1.807) is 12.1 Å². The fourth-order valence-electron chi connectivity index (χ4n) is 3.29. The molecule has 5 nitrogen and oxygen atoms in total. The first-order valence-electron chi connectivity index (χ1n) is 7.82. The Hall–Kier alpha value is -2.39. The summed E-state index contributed by atoms with van der Waals surface area (Å²) in [5, 5.41) is 12.7. The van der Waals surface area contributed by atoms with Crippen LogP contribution in [0.3, 0.4) is 0 Å². The molecule has 0 radical (unpaired) electrons. The number of azide groups is 1. The van der Waals surface area contributed by atoms with Gasteiger partial charge in [-0.25, -0.2) is 0 Å². The van der Waals surface area contributed by atoms with E-state index >= 15 is 0 Å². The van der Waals surface area contributed by atoms with Crippen LogP contribution in [-0.2, 0) is 6.18 Å². The molecule has 2 rings (SSSR count). The lowest BCUT2D eigenvalue weighted by Gasteiger charge is -2.37. The Morgan fingerprint density at radius 2 is 2.17 bits per heavy atom. The Morgan fingerprint density at radius 3 is 2.75 bits per heavy atom. The highest BCUT2D eigenvalue weighted by molar-refractivity contribution is 5.55. The van der Waals surface area contributed by atoms with Crippen molar-refractivity contribution in [1.29, 1.82) is 5.26 Å². The number of benzene rings is 1. The zero-order valence-electron chi connectivity index (χ0n) is 13.3. The summed E-state index contributed by atoms with van der Waals surface area (Å²) in [5.41, 5.74) is 7.74. The molecule has 0 amide bonds. The normalized spacial score (nSPS) is 20.8. The maximum absolute atomic E-state index is 13.2. The summed E-state index contributed by atoms with van der Waals surface area (Å²) in [6.45, 7) is 2.42. The number of nitrogens with zero attached hydrogens (tertiary/aromatic N) is 5. The van der Waals surface area contributed by atoms with Gasteiger partial charge in [0.15, 0.2) is 0 Å². The van der Waals surface area contributed by atoms with Crippen molar-refractivity contribution in [1.82, 2.24) is 0 Å². The first kappa shape index (κ1) is 18.0. The van der Waals surface area contributed by atoms with E-state index in [1.165, 1.54) is 6.07 Å². The smallest absolute Gasteiger partial charge is 0.369 e. The first-order valence-corrected chi connectivity index (χ1v) is 7.82. The second-order valence-electron chi connectivity index (χ2n) is 5.80. The zero-order chi connectivity index (χ0) is 17.7. The van der Waals surface area contributed by atoms with E-state index in [2.05, 4.69) is 10.0 Å². The van der Waals surface area contributed by atoms with Gasteiger partial charge >= 0.3 is 6.18 Å². The third kappa shape index (κ3) is 3.92. The molecule has 8 heteroatoms. The molecule has 1 saturated carbocycles. The van der Waals surface area contributed by atoms with Gasteiger partial charge in [0.1, 0.15) is 0 Å². The maximum atomic E-state index is 13.2. The molecule has 0 aromatic heterocycles. The van der Waals surface area contributed by atoms with Crippen molar-refractivity contribution in [2.24, 2.45) is 5.11 Å². The number of rotatable bonds is 4. The molecule has 2 atom stereocenters. The van der Waals surface area contributed by atoms with Crippen LogP contribution in [0, 0.1) is 11.3 Å². The average molecular weight is 337 g/mol. The molecule has 0 aliphatic heterocycles. The summed E-state index contributed by atoms with van der Waals surface area (Å²) in [4.78, 5) is 4.74. The predicted octanol–water partition coefficient (Wildman–Crippen LogP) is 5.02. The molecule has 1 aliphatic carbocycles. The van der Waals surface area contributed by atoms with Crippen molar-refractivity contribution in [3.8, 4) is 6.07 Å². The molecule has 0 bridgehead atoms. The minimum atomic E-state index is -4.57. The van der Waals surface area contributed by atoms with Gasteiger partial charge < -0.3 is 4.90 Å². The van der Waals surface area contributed by atoms with Gasteiger partial charge in [0.2, 0.25) is 0 Å². The SMILES string of the molecule is CCN(c1ccc(C#N)c(C(F)(F)F)c1)C1CCCC(N=[N+]=[N-])C1. The monoisotopic (exact) mass is 337 g/mol. The van der Waals surface area contributed by atoms with E-state index in [0.29, 0.717) is 18.7 Å². The lowest BCUT2D eigenvalue weighted by molar-refractivity contribution is -0.137. The van der Waals surface area contributed by atoms with Crippen LogP contribution in [0.5, 0.6) is 0 Å². The standard InChI is InChI=1S/C16H18F3N5/c1-2-24(13-5-3-4-12(8-13)22-23-21)14-7-6-11(10-20)15(9-14)16(17,18)19/h6-7,9,12-13H,2-5,8H2,1H3. The summed E-state index contributed by atoms with van der Waals surface area (Å²) < 4.78 is 39.5. The molecule has 0 spiro atoms. The highest BCUT2D eigenvalue weighted by atomic mass is 19.4. The highest BCUT2D eigenvalue weighted by Gasteiger charge is 2.35. The van der Waals surface area contributed by atoms with Crippen LogP contribution in [0.2, 0.25) is 0 Å². The van der Waals surface area contributed by atoms with Gasteiger partial charge in [0.05, 0.1) is 17.2 Å². The molecular formula is C16H18F3N5. The van der Waals surface area contributed by atoms with Gasteiger partial charge in [-0.1, -0.05) is 11.5 Å². The van der Waals surface area contributed by atoms with E-state index in [0.717, 1.165) is 25.3 Å². The average Bonchev–Trinajstić information content (AvgIpc) is 2.55. The van der Waals surface area contributed by atoms with Crippen LogP contribution >= 0.6 is 0 Å². The first-order chi connectivity index (χ1) is 11.4. The van der Waals surface area contributed by atoms with Gasteiger partial charge in [-0.2, -0.15) is 18.4 Å². The summed E-state index contributed by atoms with van der Waals surface area (Å²) >= 11 is 0. The quantitative estimate of drug-likeness (QED) is 0.439. The fraction of sp³-hybridized carbons (Fsp3) is 0.562. The molecule has 24 heavy (non-hydrogen) atoms. The highest BCUT2D eigenvalue weighted by Crippen LogP contribution is 2.36. The van der Waals surface area contributed by atoms with Gasteiger partial charge in [-0.3, -0.25) is 0 Å². The van der Waals surface area contributed by atoms with Gasteiger partial charge in [0.25, 0.3) is 0 Å². The largest absolute Gasteiger partial charge is 0.417 e. The minimum absolute atomic E-state index is 0.0215. The zero-order valence-corrected chi connectivity index (χ0v) is 13.3. The molecule has 0 heterocycles. The van der Waals surface area contributed by atoms with Crippen molar-refractivity contribution in [2.75, 3.05) is 11.4 Å². The number of nitriles is 1. The number of hydrogen-bond acceptors (Lipinski definition) is 3. The Kier molecular flexibility index (Phi) is 5.58. The van der Waals surface area contributed by atoms with E-state index in [9.17, 15) is 13.2 Å². The van der Waals surface area contributed by atoms with Crippen LogP contribution in [0.25, 0.3) is 10.4 Å². The molecule has 1 fully saturated rings. The summed E-state index contributed by atoms with van der Waals surface area (Å²) in [7, 11) is 0. The molecule has 1 aromatic carbocycles. The van der Waals surface area contributed by atoms with Gasteiger partial charge in [0, 0.05) is 29.2 Å². The van der Waals surface area contributed by atoms with Crippen molar-refractivity contribution < 1.29 is 13.2 Å². The van der Waals surface area contributed by atoms with E-state index < -0.39 is 11.7 Å². The second kappa shape index (κ2) is 7.45. The molecular weight excluding hydrogens is 319 g/mol. The maximum Gasteiger partial charge on any atom is 0.417 e. The Bertz CT molecular complexity index is 673. The van der Waals surface area contributed by atoms with Crippen molar-refractivity contribution >= 4 is 5.69 Å². The third-order valence-corrected chi connectivity index (χ3v) is 4.38. The van der Waals surface area contributed by atoms with Crippen molar-refractivity contribution in [3.05, 3.63) is 39.8 Å². The number of halogens is 3. The lowest BCUT2D eigenvalue weighted by Crippen LogP contribution is -2.40.